The second-order valence-corrected chi connectivity index (χ2v) is 21.1. The van der Waals surface area contributed by atoms with E-state index >= 15 is 0 Å². The number of hydrogen-bond acceptors (Lipinski definition) is 14. The molecule has 0 aromatic rings. The van der Waals surface area contributed by atoms with Crippen LogP contribution in [0, 0.1) is 0 Å². The van der Waals surface area contributed by atoms with Crippen molar-refractivity contribution in [3.8, 4) is 0 Å². The minimum Gasteiger partial charge on any atom is -0.497 e. The van der Waals surface area contributed by atoms with Crippen LogP contribution in [0.15, 0.2) is 11.8 Å². The molecule has 14 heteroatoms. The van der Waals surface area contributed by atoms with Gasteiger partial charge in [0.2, 0.25) is 0 Å². The van der Waals surface area contributed by atoms with E-state index in [1.165, 1.54) is 161 Å². The van der Waals surface area contributed by atoms with Crippen molar-refractivity contribution in [1.82, 2.24) is 14.7 Å². The fourth-order valence-electron chi connectivity index (χ4n) is 8.97. The van der Waals surface area contributed by atoms with Crippen LogP contribution in [0.4, 0.5) is 0 Å². The number of hydrogen-bond donors (Lipinski definition) is 0. The number of esters is 4. The van der Waals surface area contributed by atoms with Crippen LogP contribution >= 0.6 is 0 Å². The van der Waals surface area contributed by atoms with Crippen LogP contribution in [0.3, 0.4) is 0 Å². The smallest absolute Gasteiger partial charge is 0.320 e. The lowest BCUT2D eigenvalue weighted by atomic mass is 10.1. The summed E-state index contributed by atoms with van der Waals surface area (Å²) < 4.78 is 26.9. The van der Waals surface area contributed by atoms with Gasteiger partial charge >= 0.3 is 23.9 Å². The zero-order valence-corrected chi connectivity index (χ0v) is 55.5. The van der Waals surface area contributed by atoms with Gasteiger partial charge in [-0.2, -0.15) is 0 Å². The number of allylic oxidation sites excluding steroid dienone is 1. The molecule has 0 aliphatic carbocycles. The number of unbranched alkanes of at least 4 members (excludes halogenated alkanes) is 21. The van der Waals surface area contributed by atoms with Gasteiger partial charge in [-0.3, -0.25) is 29.0 Å². The van der Waals surface area contributed by atoms with Gasteiger partial charge in [0, 0.05) is 37.9 Å². The Kier molecular flexibility index (Phi) is 77.6. The van der Waals surface area contributed by atoms with E-state index in [1.54, 1.807) is 6.92 Å². The maximum atomic E-state index is 13.3. The molecule has 14 nitrogen and oxygen atoms in total. The van der Waals surface area contributed by atoms with Crippen molar-refractivity contribution in [2.24, 2.45) is 0 Å². The number of carbonyl (C=O) groups excluding carboxylic acids is 6. The van der Waals surface area contributed by atoms with Crippen LogP contribution in [0.25, 0.3) is 0 Å². The molecule has 81 heavy (non-hydrogen) atoms. The number of likely N-dealkylation sites (N-methyl/N-ethyl adjacent to an activating group) is 1. The van der Waals surface area contributed by atoms with Crippen LogP contribution in [0.1, 0.15) is 294 Å². The standard InChI is InChI=1S/C37H69N3O5.C11H22O2.C9H20.C4H8O2.C3H6O.C2H6.CH2O/c1-5-8-10-12-14-19-26-43-35(21-7-3)29-39(30-36(41)44-27-20-15-13-11-9-6-2)31-37(42)45-32-34-22-17-16-18-24-40(34)33-23-25-38(4)28-33;1-3-5-6-7-8-9-10-13-11(12)4-2;1-3-5-7-9-8-6-4-2;1-3-4(5)6-2;1-2-3-4;2*1-2/h21,33-34H,5-20,22-32H2,1-4H3;3-10H2,1-2H3;3-9H2,1-2H3;3H2,1-2H3;3H,2H2,1H3;1-2H3;1H2/b35-21-;;;;;;. The lowest BCUT2D eigenvalue weighted by molar-refractivity contribution is -0.150. The number of rotatable bonds is 41. The van der Waals surface area contributed by atoms with Crippen molar-refractivity contribution in [2.45, 2.75) is 307 Å². The summed E-state index contributed by atoms with van der Waals surface area (Å²) in [7, 11) is 3.57. The molecule has 0 amide bonds. The first-order valence-electron chi connectivity index (χ1n) is 33.2. The highest BCUT2D eigenvalue weighted by atomic mass is 16.5. The average Bonchev–Trinajstić information content (AvgIpc) is 3.80. The molecule has 0 spiro atoms. The molecule has 0 saturated carbocycles. The Balaban J connectivity index is -0.000000430. The summed E-state index contributed by atoms with van der Waals surface area (Å²) in [5.74, 6) is 0.0214. The Morgan fingerprint density at radius 1 is 0.494 bits per heavy atom. The first-order chi connectivity index (χ1) is 39.4. The Morgan fingerprint density at radius 2 is 0.901 bits per heavy atom. The second-order valence-electron chi connectivity index (χ2n) is 21.1. The third-order valence-electron chi connectivity index (χ3n) is 13.7. The predicted octanol–water partition coefficient (Wildman–Crippen LogP) is 16.4. The summed E-state index contributed by atoms with van der Waals surface area (Å²) in [5, 5.41) is 0. The highest BCUT2D eigenvalue weighted by Crippen LogP contribution is 2.24. The van der Waals surface area contributed by atoms with E-state index in [2.05, 4.69) is 69.2 Å². The lowest BCUT2D eigenvalue weighted by Gasteiger charge is -2.34. The Bertz CT molecular complexity index is 1360. The maximum Gasteiger partial charge on any atom is 0.320 e. The summed E-state index contributed by atoms with van der Waals surface area (Å²) >= 11 is 0. The molecule has 2 heterocycles. The van der Waals surface area contributed by atoms with Gasteiger partial charge in [-0.25, -0.2) is 0 Å². The minimum atomic E-state index is -0.288. The van der Waals surface area contributed by atoms with Crippen LogP contribution in [0.5, 0.6) is 0 Å². The fourth-order valence-corrected chi connectivity index (χ4v) is 8.97. The van der Waals surface area contributed by atoms with Crippen molar-refractivity contribution >= 4 is 37.0 Å². The summed E-state index contributed by atoms with van der Waals surface area (Å²) in [6, 6.07) is 0.806. The van der Waals surface area contributed by atoms with Crippen molar-refractivity contribution < 1.29 is 52.5 Å². The quantitative estimate of drug-likeness (QED) is 0.0187. The Labute approximate surface area is 500 Å². The molecular weight excluding hydrogens is 1020 g/mol. The minimum absolute atomic E-state index is 0.0481. The number of methoxy groups -OCH3 is 1. The van der Waals surface area contributed by atoms with Gasteiger partial charge in [-0.1, -0.05) is 230 Å². The SMILES string of the molecule is C=O.CC.CC/C=C(/CN(CC(=O)OCCCCCCCC)CC(=O)OCC1CCCCCN1C1CCN(C)C1)OCCCCCCCC.CCC(=O)OC.CCC=O.CCCCCCCCC.CCCCCCCCOC(=O)CC. The molecule has 0 bridgehead atoms. The number of carbonyl (C=O) groups is 6. The molecule has 2 fully saturated rings. The molecule has 2 rings (SSSR count). The van der Waals surface area contributed by atoms with Gasteiger partial charge in [0.25, 0.3) is 0 Å². The normalized spacial score (nSPS) is 14.8. The van der Waals surface area contributed by atoms with Crippen LogP contribution in [0.2, 0.25) is 0 Å². The zero-order valence-electron chi connectivity index (χ0n) is 55.5. The van der Waals surface area contributed by atoms with Crippen LogP contribution in [-0.2, 0) is 52.5 Å². The van der Waals surface area contributed by atoms with Crippen LogP contribution in [-0.4, -0.2) is 144 Å². The molecular formula is C67H133N3O11. The van der Waals surface area contributed by atoms with E-state index in [4.69, 9.17) is 23.7 Å². The lowest BCUT2D eigenvalue weighted by Crippen LogP contribution is -2.47. The summed E-state index contributed by atoms with van der Waals surface area (Å²) in [5.41, 5.74) is 0. The summed E-state index contributed by atoms with van der Waals surface area (Å²) in [6.07, 6.45) is 42.7. The van der Waals surface area contributed by atoms with Crippen LogP contribution < -0.4 is 0 Å². The largest absolute Gasteiger partial charge is 0.497 e. The van der Waals surface area contributed by atoms with Crippen molar-refractivity contribution in [3.05, 3.63) is 11.8 Å². The van der Waals surface area contributed by atoms with Gasteiger partial charge in [-0.05, 0) is 71.2 Å². The number of ether oxygens (including phenoxy) is 5. The Hall–Kier alpha value is -3.36. The molecule has 2 unspecified atom stereocenters. The average molecular weight is 1160 g/mol. The van der Waals surface area contributed by atoms with E-state index in [0.717, 1.165) is 76.6 Å². The molecule has 482 valence electrons. The van der Waals surface area contributed by atoms with Gasteiger partial charge in [-0.15, -0.1) is 0 Å². The maximum absolute atomic E-state index is 13.3. The monoisotopic (exact) mass is 1160 g/mol. The van der Waals surface area contributed by atoms with E-state index in [0.29, 0.717) is 58.3 Å². The second kappa shape index (κ2) is 72.7. The number of likely N-dealkylation sites (tertiary alicyclic amines) is 2. The van der Waals surface area contributed by atoms with E-state index < -0.39 is 0 Å². The highest BCUT2D eigenvalue weighted by molar-refractivity contribution is 5.75. The molecule has 2 aliphatic heterocycles. The molecule has 0 N–H and O–H groups in total. The number of aldehydes is 1. The van der Waals surface area contributed by atoms with Crippen molar-refractivity contribution in [3.63, 3.8) is 0 Å². The summed E-state index contributed by atoms with van der Waals surface area (Å²) in [6.45, 7) is 30.6. The molecule has 2 atom stereocenters. The molecule has 0 radical (unpaired) electrons. The Morgan fingerprint density at radius 3 is 1.27 bits per heavy atom. The van der Waals surface area contributed by atoms with Gasteiger partial charge in [0.05, 0.1) is 46.6 Å². The van der Waals surface area contributed by atoms with Crippen molar-refractivity contribution in [2.75, 3.05) is 79.9 Å². The number of nitrogens with zero attached hydrogens (tertiary/aromatic N) is 3. The third kappa shape index (κ3) is 64.1. The fraction of sp³-hybridized carbons (Fsp3) is 0.881. The molecule has 0 aromatic carbocycles. The first-order valence-corrected chi connectivity index (χ1v) is 33.2. The van der Waals surface area contributed by atoms with Gasteiger partial charge < -0.3 is 38.2 Å². The molecule has 0 aromatic heterocycles. The van der Waals surface area contributed by atoms with E-state index in [1.807, 2.05) is 39.4 Å². The highest BCUT2D eigenvalue weighted by Gasteiger charge is 2.32. The zero-order chi connectivity index (χ0) is 61.8. The predicted molar refractivity (Wildman–Crippen MR) is 340 cm³/mol. The van der Waals surface area contributed by atoms with E-state index in [-0.39, 0.29) is 43.0 Å². The molecule has 2 saturated heterocycles. The molecule has 2 aliphatic rings. The van der Waals surface area contributed by atoms with Gasteiger partial charge in [0.15, 0.2) is 0 Å². The third-order valence-corrected chi connectivity index (χ3v) is 13.7. The first kappa shape index (κ1) is 86.4. The van der Waals surface area contributed by atoms with Crippen molar-refractivity contribution in [1.29, 1.82) is 0 Å². The van der Waals surface area contributed by atoms with Gasteiger partial charge in [0.1, 0.15) is 25.4 Å². The summed E-state index contributed by atoms with van der Waals surface area (Å²) in [4.78, 5) is 70.8. The van der Waals surface area contributed by atoms with E-state index in [9.17, 15) is 24.0 Å². The topological polar surface area (TPSA) is 158 Å².